The van der Waals surface area contributed by atoms with E-state index in [-0.39, 0.29) is 5.91 Å². The van der Waals surface area contributed by atoms with Crippen molar-refractivity contribution in [3.8, 4) is 5.75 Å². The molecule has 1 heterocycles. The SMILES string of the molecule is CCCOc1cccc(C(=O)Nc2cnn(C(C)(C)C(=O)O)c2)c1. The second kappa shape index (κ2) is 7.16. The number of benzene rings is 1. The number of ether oxygens (including phenoxy) is 1. The molecule has 0 saturated carbocycles. The fraction of sp³-hybridized carbons (Fsp3) is 0.353. The van der Waals surface area contributed by atoms with Gasteiger partial charge >= 0.3 is 5.97 Å². The van der Waals surface area contributed by atoms with Crippen molar-refractivity contribution < 1.29 is 19.4 Å². The van der Waals surface area contributed by atoms with Crippen molar-refractivity contribution in [1.29, 1.82) is 0 Å². The maximum Gasteiger partial charge on any atom is 0.331 e. The Morgan fingerprint density at radius 3 is 2.79 bits per heavy atom. The number of anilines is 1. The van der Waals surface area contributed by atoms with Crippen LogP contribution in [0.1, 0.15) is 37.6 Å². The number of aliphatic carboxylic acids is 1. The van der Waals surface area contributed by atoms with E-state index in [0.717, 1.165) is 6.42 Å². The smallest absolute Gasteiger partial charge is 0.331 e. The van der Waals surface area contributed by atoms with Gasteiger partial charge in [-0.1, -0.05) is 13.0 Å². The lowest BCUT2D eigenvalue weighted by Crippen LogP contribution is -2.35. The molecular weight excluding hydrogens is 310 g/mol. The van der Waals surface area contributed by atoms with Crippen LogP contribution in [-0.2, 0) is 10.3 Å². The molecule has 0 aliphatic carbocycles. The van der Waals surface area contributed by atoms with Gasteiger partial charge in [-0.25, -0.2) is 4.79 Å². The molecule has 0 spiro atoms. The molecule has 0 aliphatic rings. The van der Waals surface area contributed by atoms with E-state index in [2.05, 4.69) is 10.4 Å². The van der Waals surface area contributed by atoms with Gasteiger partial charge in [-0.2, -0.15) is 5.10 Å². The molecule has 7 heteroatoms. The van der Waals surface area contributed by atoms with E-state index in [4.69, 9.17) is 4.74 Å². The summed E-state index contributed by atoms with van der Waals surface area (Å²) < 4.78 is 6.81. The number of carboxylic acids is 1. The van der Waals surface area contributed by atoms with E-state index in [1.807, 2.05) is 6.92 Å². The molecule has 0 saturated heterocycles. The highest BCUT2D eigenvalue weighted by molar-refractivity contribution is 6.04. The average Bonchev–Trinajstić information content (AvgIpc) is 3.02. The van der Waals surface area contributed by atoms with Gasteiger partial charge in [0.05, 0.1) is 18.5 Å². The van der Waals surface area contributed by atoms with Crippen molar-refractivity contribution in [2.75, 3.05) is 11.9 Å². The molecule has 128 valence electrons. The zero-order valence-corrected chi connectivity index (χ0v) is 13.9. The largest absolute Gasteiger partial charge is 0.494 e. The summed E-state index contributed by atoms with van der Waals surface area (Å²) in [6.07, 6.45) is 3.79. The quantitative estimate of drug-likeness (QED) is 0.813. The maximum absolute atomic E-state index is 12.3. The fourth-order valence-electron chi connectivity index (χ4n) is 1.94. The summed E-state index contributed by atoms with van der Waals surface area (Å²) >= 11 is 0. The molecule has 24 heavy (non-hydrogen) atoms. The Morgan fingerprint density at radius 2 is 2.12 bits per heavy atom. The molecule has 7 nitrogen and oxygen atoms in total. The number of rotatable bonds is 7. The average molecular weight is 331 g/mol. The van der Waals surface area contributed by atoms with E-state index in [0.29, 0.717) is 23.6 Å². The highest BCUT2D eigenvalue weighted by atomic mass is 16.5. The minimum atomic E-state index is -1.20. The Bertz CT molecular complexity index is 737. The Morgan fingerprint density at radius 1 is 1.38 bits per heavy atom. The van der Waals surface area contributed by atoms with Gasteiger partial charge in [0.1, 0.15) is 5.75 Å². The van der Waals surface area contributed by atoms with Crippen molar-refractivity contribution in [3.63, 3.8) is 0 Å². The first-order valence-electron chi connectivity index (χ1n) is 7.67. The van der Waals surface area contributed by atoms with Gasteiger partial charge in [0.15, 0.2) is 5.54 Å². The van der Waals surface area contributed by atoms with E-state index in [9.17, 15) is 14.7 Å². The molecule has 0 fully saturated rings. The van der Waals surface area contributed by atoms with Crippen molar-refractivity contribution >= 4 is 17.6 Å². The molecule has 0 aliphatic heterocycles. The van der Waals surface area contributed by atoms with E-state index < -0.39 is 11.5 Å². The van der Waals surface area contributed by atoms with Crippen molar-refractivity contribution in [2.24, 2.45) is 0 Å². The maximum atomic E-state index is 12.3. The summed E-state index contributed by atoms with van der Waals surface area (Å²) in [6, 6.07) is 6.88. The third kappa shape index (κ3) is 3.92. The zero-order valence-electron chi connectivity index (χ0n) is 13.9. The number of carbonyl (C=O) groups excluding carboxylic acids is 1. The van der Waals surface area contributed by atoms with E-state index in [1.165, 1.54) is 30.9 Å². The van der Waals surface area contributed by atoms with Gasteiger partial charge in [-0.05, 0) is 38.5 Å². The van der Waals surface area contributed by atoms with Gasteiger partial charge < -0.3 is 15.2 Å². The summed E-state index contributed by atoms with van der Waals surface area (Å²) in [7, 11) is 0. The fourth-order valence-corrected chi connectivity index (χ4v) is 1.94. The van der Waals surface area contributed by atoms with Gasteiger partial charge in [0.2, 0.25) is 0 Å². The second-order valence-electron chi connectivity index (χ2n) is 5.87. The molecule has 2 N–H and O–H groups in total. The van der Waals surface area contributed by atoms with Crippen LogP contribution in [0, 0.1) is 0 Å². The molecule has 0 radical (unpaired) electrons. The number of amides is 1. The monoisotopic (exact) mass is 331 g/mol. The topological polar surface area (TPSA) is 93.5 Å². The lowest BCUT2D eigenvalue weighted by molar-refractivity contribution is -0.146. The molecule has 1 aromatic carbocycles. The van der Waals surface area contributed by atoms with Gasteiger partial charge in [-0.3, -0.25) is 9.48 Å². The molecule has 2 aromatic rings. The zero-order chi connectivity index (χ0) is 17.7. The van der Waals surface area contributed by atoms with Crippen LogP contribution in [0.25, 0.3) is 0 Å². The minimum absolute atomic E-state index is 0.315. The lowest BCUT2D eigenvalue weighted by atomic mass is 10.1. The van der Waals surface area contributed by atoms with E-state index in [1.54, 1.807) is 24.3 Å². The molecule has 2 rings (SSSR count). The Kier molecular flexibility index (Phi) is 5.23. The van der Waals surface area contributed by atoms with Crippen LogP contribution in [0.4, 0.5) is 5.69 Å². The number of nitrogens with one attached hydrogen (secondary N) is 1. The molecule has 0 atom stereocenters. The number of carbonyl (C=O) groups is 2. The molecule has 0 unspecified atom stereocenters. The Balaban J connectivity index is 2.10. The summed E-state index contributed by atoms with van der Waals surface area (Å²) in [5, 5.41) is 15.9. The first kappa shape index (κ1) is 17.5. The highest BCUT2D eigenvalue weighted by Gasteiger charge is 2.30. The highest BCUT2D eigenvalue weighted by Crippen LogP contribution is 2.19. The Hall–Kier alpha value is -2.83. The standard InChI is InChI=1S/C17H21N3O4/c1-4-8-24-14-7-5-6-12(9-14)15(21)19-13-10-18-20(11-13)17(2,3)16(22)23/h5-7,9-11H,4,8H2,1-3H3,(H,19,21)(H,22,23). The van der Waals surface area contributed by atoms with Crippen LogP contribution in [-0.4, -0.2) is 33.4 Å². The van der Waals surface area contributed by atoms with Crippen molar-refractivity contribution in [3.05, 3.63) is 42.2 Å². The molecule has 1 aromatic heterocycles. The third-order valence-electron chi connectivity index (χ3n) is 3.51. The molecular formula is C17H21N3O4. The summed E-state index contributed by atoms with van der Waals surface area (Å²) in [4.78, 5) is 23.5. The van der Waals surface area contributed by atoms with Crippen LogP contribution in [0.2, 0.25) is 0 Å². The van der Waals surface area contributed by atoms with Crippen molar-refractivity contribution in [2.45, 2.75) is 32.7 Å². The summed E-state index contributed by atoms with van der Waals surface area (Å²) in [5.41, 5.74) is -0.320. The summed E-state index contributed by atoms with van der Waals surface area (Å²) in [6.45, 7) is 5.65. The first-order chi connectivity index (χ1) is 11.3. The van der Waals surface area contributed by atoms with Crippen molar-refractivity contribution in [1.82, 2.24) is 9.78 Å². The van der Waals surface area contributed by atoms with Crippen LogP contribution in [0.15, 0.2) is 36.7 Å². The van der Waals surface area contributed by atoms with E-state index >= 15 is 0 Å². The Labute approximate surface area is 140 Å². The van der Waals surface area contributed by atoms with Gasteiger partial charge in [0.25, 0.3) is 5.91 Å². The second-order valence-corrected chi connectivity index (χ2v) is 5.87. The molecule has 0 bridgehead atoms. The van der Waals surface area contributed by atoms with Gasteiger partial charge in [-0.15, -0.1) is 0 Å². The van der Waals surface area contributed by atoms with Crippen LogP contribution >= 0.6 is 0 Å². The minimum Gasteiger partial charge on any atom is -0.494 e. The van der Waals surface area contributed by atoms with Crippen LogP contribution < -0.4 is 10.1 Å². The van der Waals surface area contributed by atoms with Crippen LogP contribution in [0.5, 0.6) is 5.75 Å². The third-order valence-corrected chi connectivity index (χ3v) is 3.51. The predicted octanol–water partition coefficient (Wildman–Crippen LogP) is 2.74. The number of hydrogen-bond acceptors (Lipinski definition) is 4. The molecule has 1 amide bonds. The number of nitrogens with zero attached hydrogens (tertiary/aromatic N) is 2. The summed E-state index contributed by atoms with van der Waals surface area (Å²) in [5.74, 6) is -0.693. The van der Waals surface area contributed by atoms with Crippen LogP contribution in [0.3, 0.4) is 0 Å². The first-order valence-corrected chi connectivity index (χ1v) is 7.67. The number of carboxylic acid groups (broad SMARTS) is 1. The predicted molar refractivity (Wildman–Crippen MR) is 89.4 cm³/mol. The van der Waals surface area contributed by atoms with Gasteiger partial charge in [0, 0.05) is 11.8 Å². The normalized spacial score (nSPS) is 11.1. The lowest BCUT2D eigenvalue weighted by Gasteiger charge is -2.19. The number of aromatic nitrogens is 2. The number of hydrogen-bond donors (Lipinski definition) is 2.